The van der Waals surface area contributed by atoms with Crippen LogP contribution in [-0.4, -0.2) is 60.3 Å². The second-order valence-electron chi connectivity index (χ2n) is 5.77. The van der Waals surface area contributed by atoms with Gasteiger partial charge in [-0.2, -0.15) is 0 Å². The number of nitrogens with one attached hydrogen (secondary N) is 1. The van der Waals surface area contributed by atoms with Gasteiger partial charge in [-0.15, -0.1) is 0 Å². The summed E-state index contributed by atoms with van der Waals surface area (Å²) in [7, 11) is 1.68. The first kappa shape index (κ1) is 15.4. The van der Waals surface area contributed by atoms with E-state index in [-0.39, 0.29) is 11.7 Å². The standard InChI is InChI=1S/C15H21N5O3/c1-17-15(18-8-11-4-5-12(23-11)14(16)22)19-6-7-20(10-2-3-10)13(21)9-19/h4-5,10H,2-3,6-9H2,1H3,(H2,16,22)(H,17,18). The Balaban J connectivity index is 1.55. The number of carbonyl (C=O) groups is 2. The van der Waals surface area contributed by atoms with Crippen LogP contribution in [0.4, 0.5) is 0 Å². The van der Waals surface area contributed by atoms with E-state index in [1.165, 1.54) is 0 Å². The summed E-state index contributed by atoms with van der Waals surface area (Å²) in [5, 5.41) is 3.15. The average molecular weight is 319 g/mol. The number of rotatable bonds is 4. The summed E-state index contributed by atoms with van der Waals surface area (Å²) in [6.45, 7) is 2.20. The number of aliphatic imine (C=N–C) groups is 1. The van der Waals surface area contributed by atoms with Gasteiger partial charge in [0.05, 0.1) is 13.1 Å². The van der Waals surface area contributed by atoms with Gasteiger partial charge in [-0.3, -0.25) is 14.6 Å². The number of piperazine rings is 1. The lowest BCUT2D eigenvalue weighted by Crippen LogP contribution is -2.55. The van der Waals surface area contributed by atoms with Crippen molar-refractivity contribution < 1.29 is 14.0 Å². The third kappa shape index (κ3) is 3.46. The third-order valence-electron chi connectivity index (χ3n) is 4.08. The van der Waals surface area contributed by atoms with Crippen LogP contribution in [0.5, 0.6) is 0 Å². The maximum Gasteiger partial charge on any atom is 0.284 e. The van der Waals surface area contributed by atoms with E-state index in [1.807, 2.05) is 9.80 Å². The first-order chi connectivity index (χ1) is 11.1. The summed E-state index contributed by atoms with van der Waals surface area (Å²) in [6.07, 6.45) is 2.25. The summed E-state index contributed by atoms with van der Waals surface area (Å²) >= 11 is 0. The van der Waals surface area contributed by atoms with Gasteiger partial charge in [0.2, 0.25) is 5.91 Å². The molecule has 0 atom stereocenters. The molecule has 2 fully saturated rings. The predicted octanol–water partition coefficient (Wildman–Crippen LogP) is -0.239. The number of nitrogens with zero attached hydrogens (tertiary/aromatic N) is 3. The van der Waals surface area contributed by atoms with Gasteiger partial charge in [-0.25, -0.2) is 0 Å². The van der Waals surface area contributed by atoms with E-state index in [9.17, 15) is 9.59 Å². The van der Waals surface area contributed by atoms with E-state index in [2.05, 4.69) is 10.3 Å². The second-order valence-corrected chi connectivity index (χ2v) is 5.77. The van der Waals surface area contributed by atoms with E-state index in [0.717, 1.165) is 25.9 Å². The Morgan fingerprint density at radius 3 is 2.78 bits per heavy atom. The van der Waals surface area contributed by atoms with Crippen molar-refractivity contribution in [2.75, 3.05) is 26.7 Å². The van der Waals surface area contributed by atoms with Gasteiger partial charge in [-0.05, 0) is 25.0 Å². The Labute approximate surface area is 134 Å². The van der Waals surface area contributed by atoms with Gasteiger partial charge in [0.1, 0.15) is 5.76 Å². The Kier molecular flexibility index (Phi) is 4.22. The highest BCUT2D eigenvalue weighted by molar-refractivity contribution is 5.90. The lowest BCUT2D eigenvalue weighted by molar-refractivity contribution is -0.135. The topological polar surface area (TPSA) is 104 Å². The fourth-order valence-corrected chi connectivity index (χ4v) is 2.74. The smallest absolute Gasteiger partial charge is 0.284 e. The minimum Gasteiger partial charge on any atom is -0.454 e. The number of carbonyl (C=O) groups excluding carboxylic acids is 2. The van der Waals surface area contributed by atoms with Crippen molar-refractivity contribution in [3.63, 3.8) is 0 Å². The zero-order valence-electron chi connectivity index (χ0n) is 13.1. The number of amides is 2. The first-order valence-corrected chi connectivity index (χ1v) is 7.72. The van der Waals surface area contributed by atoms with E-state index >= 15 is 0 Å². The summed E-state index contributed by atoms with van der Waals surface area (Å²) in [5.74, 6) is 0.914. The van der Waals surface area contributed by atoms with Crippen LogP contribution in [0.3, 0.4) is 0 Å². The molecule has 0 unspecified atom stereocenters. The van der Waals surface area contributed by atoms with E-state index in [1.54, 1.807) is 19.2 Å². The van der Waals surface area contributed by atoms with Crippen LogP contribution in [-0.2, 0) is 11.3 Å². The van der Waals surface area contributed by atoms with Gasteiger partial charge in [0, 0.05) is 26.2 Å². The van der Waals surface area contributed by atoms with Crippen LogP contribution in [0.15, 0.2) is 21.5 Å². The molecule has 8 nitrogen and oxygen atoms in total. The lowest BCUT2D eigenvalue weighted by Gasteiger charge is -2.36. The molecule has 0 bridgehead atoms. The van der Waals surface area contributed by atoms with Gasteiger partial charge in [0.15, 0.2) is 11.7 Å². The molecule has 3 N–H and O–H groups in total. The largest absolute Gasteiger partial charge is 0.454 e. The quantitative estimate of drug-likeness (QED) is 0.589. The van der Waals surface area contributed by atoms with Crippen molar-refractivity contribution in [3.05, 3.63) is 23.7 Å². The van der Waals surface area contributed by atoms with Crippen LogP contribution in [0, 0.1) is 0 Å². The summed E-state index contributed by atoms with van der Waals surface area (Å²) in [5.41, 5.74) is 5.16. The Morgan fingerprint density at radius 2 is 2.22 bits per heavy atom. The molecule has 2 heterocycles. The maximum absolute atomic E-state index is 12.2. The molecule has 2 amide bonds. The van der Waals surface area contributed by atoms with Crippen molar-refractivity contribution in [3.8, 4) is 0 Å². The molecular weight excluding hydrogens is 298 g/mol. The molecule has 3 rings (SSSR count). The highest BCUT2D eigenvalue weighted by atomic mass is 16.3. The Bertz CT molecular complexity index is 635. The number of guanidine groups is 1. The fourth-order valence-electron chi connectivity index (χ4n) is 2.74. The predicted molar refractivity (Wildman–Crippen MR) is 83.7 cm³/mol. The molecule has 124 valence electrons. The van der Waals surface area contributed by atoms with Crippen molar-refractivity contribution >= 4 is 17.8 Å². The Morgan fingerprint density at radius 1 is 1.43 bits per heavy atom. The van der Waals surface area contributed by atoms with E-state index in [0.29, 0.717) is 30.9 Å². The van der Waals surface area contributed by atoms with Crippen molar-refractivity contribution in [2.24, 2.45) is 10.7 Å². The second kappa shape index (κ2) is 6.31. The van der Waals surface area contributed by atoms with Gasteiger partial charge < -0.3 is 25.3 Å². The summed E-state index contributed by atoms with van der Waals surface area (Å²) in [4.78, 5) is 31.3. The molecule has 1 saturated heterocycles. The van der Waals surface area contributed by atoms with Gasteiger partial charge >= 0.3 is 0 Å². The highest BCUT2D eigenvalue weighted by Crippen LogP contribution is 2.28. The van der Waals surface area contributed by atoms with Crippen LogP contribution in [0.1, 0.15) is 29.2 Å². The van der Waals surface area contributed by atoms with Crippen LogP contribution < -0.4 is 11.1 Å². The van der Waals surface area contributed by atoms with E-state index < -0.39 is 5.91 Å². The van der Waals surface area contributed by atoms with Gasteiger partial charge in [0.25, 0.3) is 5.91 Å². The maximum atomic E-state index is 12.2. The highest BCUT2D eigenvalue weighted by Gasteiger charge is 2.36. The molecule has 8 heteroatoms. The monoisotopic (exact) mass is 319 g/mol. The molecule has 1 aliphatic heterocycles. The first-order valence-electron chi connectivity index (χ1n) is 7.72. The molecule has 0 spiro atoms. The number of hydrogen-bond acceptors (Lipinski definition) is 4. The summed E-state index contributed by atoms with van der Waals surface area (Å²) in [6, 6.07) is 3.69. The minimum atomic E-state index is -0.595. The molecule has 1 aliphatic carbocycles. The van der Waals surface area contributed by atoms with Crippen LogP contribution in [0.2, 0.25) is 0 Å². The van der Waals surface area contributed by atoms with Crippen molar-refractivity contribution in [1.29, 1.82) is 0 Å². The van der Waals surface area contributed by atoms with Crippen molar-refractivity contribution in [2.45, 2.75) is 25.4 Å². The number of furan rings is 1. The molecule has 2 aliphatic rings. The van der Waals surface area contributed by atoms with Crippen LogP contribution in [0.25, 0.3) is 0 Å². The third-order valence-corrected chi connectivity index (χ3v) is 4.08. The molecular formula is C15H21N5O3. The summed E-state index contributed by atoms with van der Waals surface area (Å²) < 4.78 is 5.32. The Hall–Kier alpha value is -2.51. The zero-order valence-corrected chi connectivity index (χ0v) is 13.1. The average Bonchev–Trinajstić information content (AvgIpc) is 3.25. The molecule has 23 heavy (non-hydrogen) atoms. The van der Waals surface area contributed by atoms with Gasteiger partial charge in [-0.1, -0.05) is 0 Å². The van der Waals surface area contributed by atoms with E-state index in [4.69, 9.17) is 10.2 Å². The van der Waals surface area contributed by atoms with Crippen molar-refractivity contribution in [1.82, 2.24) is 15.1 Å². The minimum absolute atomic E-state index is 0.130. The number of hydrogen-bond donors (Lipinski definition) is 2. The number of nitrogens with two attached hydrogens (primary N) is 1. The molecule has 0 aromatic carbocycles. The lowest BCUT2D eigenvalue weighted by atomic mass is 10.3. The normalized spacial score (nSPS) is 19.2. The number of primary amides is 1. The molecule has 0 radical (unpaired) electrons. The molecule has 1 saturated carbocycles. The molecule has 1 aromatic heterocycles. The SMILES string of the molecule is CN=C(NCc1ccc(C(N)=O)o1)N1CCN(C2CC2)C(=O)C1. The van der Waals surface area contributed by atoms with Crippen LogP contribution >= 0.6 is 0 Å². The fraction of sp³-hybridized carbons (Fsp3) is 0.533. The molecule has 1 aromatic rings. The zero-order chi connectivity index (χ0) is 16.4.